The first-order chi connectivity index (χ1) is 9.90. The summed E-state index contributed by atoms with van der Waals surface area (Å²) in [5, 5.41) is 21.7. The Balaban J connectivity index is 2.06. The van der Waals surface area contributed by atoms with Crippen LogP contribution in [0.4, 0.5) is 0 Å². The van der Waals surface area contributed by atoms with Crippen LogP contribution in [0.1, 0.15) is 22.0 Å². The number of sulfonamides is 1. The van der Waals surface area contributed by atoms with Crippen LogP contribution in [0, 0.1) is 0 Å². The molecule has 0 saturated heterocycles. The van der Waals surface area contributed by atoms with Crippen molar-refractivity contribution >= 4 is 27.3 Å². The largest absolute Gasteiger partial charge is 0.478 e. The van der Waals surface area contributed by atoms with Crippen LogP contribution < -0.4 is 4.72 Å². The van der Waals surface area contributed by atoms with Crippen LogP contribution in [0.3, 0.4) is 0 Å². The number of hydrogen-bond acceptors (Lipinski definition) is 6. The zero-order valence-corrected chi connectivity index (χ0v) is 12.3. The van der Waals surface area contributed by atoms with Gasteiger partial charge < -0.3 is 10.2 Å². The van der Waals surface area contributed by atoms with E-state index in [1.54, 1.807) is 16.8 Å². The van der Waals surface area contributed by atoms with Crippen LogP contribution in [0.2, 0.25) is 0 Å². The quantitative estimate of drug-likeness (QED) is 0.724. The Labute approximate surface area is 125 Å². The molecule has 0 fully saturated rings. The van der Waals surface area contributed by atoms with Crippen molar-refractivity contribution in [1.82, 2.24) is 9.71 Å². The molecule has 21 heavy (non-hydrogen) atoms. The second-order valence-corrected chi connectivity index (χ2v) is 6.61. The summed E-state index contributed by atoms with van der Waals surface area (Å²) in [5.41, 5.74) is 0.518. The van der Waals surface area contributed by atoms with Crippen LogP contribution in [0.15, 0.2) is 40.2 Å². The number of aliphatic hydroxyl groups is 1. The minimum atomic E-state index is -3.90. The molecule has 0 saturated carbocycles. The molecule has 0 bridgehead atoms. The first kappa shape index (κ1) is 15.6. The van der Waals surface area contributed by atoms with Crippen molar-refractivity contribution in [2.75, 3.05) is 6.54 Å². The fourth-order valence-electron chi connectivity index (χ4n) is 1.51. The average Bonchev–Trinajstić information content (AvgIpc) is 2.99. The lowest BCUT2D eigenvalue weighted by molar-refractivity contribution is 0.0696. The summed E-state index contributed by atoms with van der Waals surface area (Å²) < 4.78 is 26.1. The van der Waals surface area contributed by atoms with Gasteiger partial charge in [-0.1, -0.05) is 0 Å². The summed E-state index contributed by atoms with van der Waals surface area (Å²) in [5.74, 6) is -1.19. The van der Waals surface area contributed by atoms with Gasteiger partial charge in [-0.15, -0.1) is 0 Å². The van der Waals surface area contributed by atoms with E-state index in [1.165, 1.54) is 11.3 Å². The zero-order chi connectivity index (χ0) is 15.5. The van der Waals surface area contributed by atoms with E-state index in [-0.39, 0.29) is 17.1 Å². The molecule has 1 unspecified atom stereocenters. The van der Waals surface area contributed by atoms with Crippen LogP contribution in [0.5, 0.6) is 0 Å². The maximum atomic E-state index is 12.0. The van der Waals surface area contributed by atoms with Gasteiger partial charge in [0.2, 0.25) is 0 Å². The van der Waals surface area contributed by atoms with Gasteiger partial charge in [-0.05, 0) is 34.5 Å². The molecule has 2 heterocycles. The van der Waals surface area contributed by atoms with E-state index in [0.29, 0.717) is 5.56 Å². The van der Waals surface area contributed by atoms with Crippen LogP contribution in [-0.4, -0.2) is 36.1 Å². The van der Waals surface area contributed by atoms with E-state index in [9.17, 15) is 18.3 Å². The Morgan fingerprint density at radius 3 is 2.67 bits per heavy atom. The fourth-order valence-corrected chi connectivity index (χ4v) is 3.18. The summed E-state index contributed by atoms with van der Waals surface area (Å²) >= 11 is 1.40. The third kappa shape index (κ3) is 3.85. The lowest BCUT2D eigenvalue weighted by atomic mass is 10.2. The van der Waals surface area contributed by atoms with Gasteiger partial charge in [-0.3, -0.25) is 0 Å². The summed E-state index contributed by atoms with van der Waals surface area (Å²) in [7, 11) is -3.90. The number of aliphatic hydroxyl groups excluding tert-OH is 1. The molecular weight excluding hydrogens is 316 g/mol. The molecule has 7 nitrogen and oxygen atoms in total. The van der Waals surface area contributed by atoms with E-state index in [0.717, 1.165) is 18.3 Å². The Morgan fingerprint density at radius 1 is 1.38 bits per heavy atom. The van der Waals surface area contributed by atoms with Gasteiger partial charge in [0, 0.05) is 12.7 Å². The molecular formula is C12H12N2O5S2. The van der Waals surface area contributed by atoms with Gasteiger partial charge >= 0.3 is 5.97 Å². The molecule has 0 aliphatic rings. The number of hydrogen-bond donors (Lipinski definition) is 3. The lowest BCUT2D eigenvalue weighted by Gasteiger charge is -2.10. The first-order valence-electron chi connectivity index (χ1n) is 5.79. The number of nitrogens with one attached hydrogen (secondary N) is 1. The Kier molecular flexibility index (Phi) is 4.68. The predicted molar refractivity (Wildman–Crippen MR) is 75.7 cm³/mol. The van der Waals surface area contributed by atoms with Crippen molar-refractivity contribution in [3.05, 3.63) is 46.3 Å². The highest BCUT2D eigenvalue weighted by Gasteiger charge is 2.18. The third-order valence-electron chi connectivity index (χ3n) is 2.65. The molecule has 112 valence electrons. The molecule has 2 rings (SSSR count). The van der Waals surface area contributed by atoms with E-state index in [1.807, 2.05) is 0 Å². The SMILES string of the molecule is O=C(O)c1ccc(S(=O)(=O)NCC(O)c2ccsc2)nc1. The van der Waals surface area contributed by atoms with E-state index in [4.69, 9.17) is 5.11 Å². The van der Waals surface area contributed by atoms with E-state index >= 15 is 0 Å². The summed E-state index contributed by atoms with van der Waals surface area (Å²) in [6.07, 6.45) is 0.0101. The monoisotopic (exact) mass is 328 g/mol. The topological polar surface area (TPSA) is 117 Å². The smallest absolute Gasteiger partial charge is 0.337 e. The molecule has 0 aromatic carbocycles. The Hall–Kier alpha value is -1.81. The normalized spacial score (nSPS) is 13.0. The Morgan fingerprint density at radius 2 is 2.14 bits per heavy atom. The molecule has 9 heteroatoms. The number of nitrogens with zero attached hydrogens (tertiary/aromatic N) is 1. The number of carbonyl (C=O) groups is 1. The number of thiophene rings is 1. The molecule has 3 N–H and O–H groups in total. The summed E-state index contributed by atoms with van der Waals surface area (Å²) in [6, 6.07) is 3.95. The molecule has 1 atom stereocenters. The highest BCUT2D eigenvalue weighted by molar-refractivity contribution is 7.89. The maximum Gasteiger partial charge on any atom is 0.337 e. The molecule has 0 aliphatic heterocycles. The van der Waals surface area contributed by atoms with Crippen LogP contribution in [-0.2, 0) is 10.0 Å². The van der Waals surface area contributed by atoms with E-state index in [2.05, 4.69) is 9.71 Å². The van der Waals surface area contributed by atoms with Crippen LogP contribution in [0.25, 0.3) is 0 Å². The minimum Gasteiger partial charge on any atom is -0.478 e. The van der Waals surface area contributed by atoms with Crippen LogP contribution >= 0.6 is 11.3 Å². The van der Waals surface area contributed by atoms with Crippen molar-refractivity contribution < 1.29 is 23.4 Å². The highest BCUT2D eigenvalue weighted by atomic mass is 32.2. The van der Waals surface area contributed by atoms with Crippen molar-refractivity contribution in [3.8, 4) is 0 Å². The van der Waals surface area contributed by atoms with Gasteiger partial charge in [0.05, 0.1) is 11.7 Å². The van der Waals surface area contributed by atoms with Gasteiger partial charge in [-0.2, -0.15) is 11.3 Å². The van der Waals surface area contributed by atoms with Gasteiger partial charge in [0.1, 0.15) is 0 Å². The lowest BCUT2D eigenvalue weighted by Crippen LogP contribution is -2.29. The molecule has 0 amide bonds. The number of carboxylic acid groups (broad SMARTS) is 1. The molecule has 2 aromatic rings. The number of rotatable bonds is 6. The molecule has 2 aromatic heterocycles. The minimum absolute atomic E-state index is 0.104. The van der Waals surface area contributed by atoms with Crippen molar-refractivity contribution in [2.24, 2.45) is 0 Å². The van der Waals surface area contributed by atoms with Gasteiger partial charge in [0.25, 0.3) is 10.0 Å². The fraction of sp³-hybridized carbons (Fsp3) is 0.167. The van der Waals surface area contributed by atoms with Crippen molar-refractivity contribution in [2.45, 2.75) is 11.1 Å². The number of aromatic carboxylic acids is 1. The molecule has 0 spiro atoms. The van der Waals surface area contributed by atoms with Gasteiger partial charge in [-0.25, -0.2) is 22.9 Å². The Bertz CT molecular complexity index is 711. The summed E-state index contributed by atoms with van der Waals surface area (Å²) in [4.78, 5) is 14.3. The number of pyridine rings is 1. The zero-order valence-electron chi connectivity index (χ0n) is 10.6. The second-order valence-electron chi connectivity index (χ2n) is 4.11. The van der Waals surface area contributed by atoms with Gasteiger partial charge in [0.15, 0.2) is 5.03 Å². The second kappa shape index (κ2) is 6.31. The standard InChI is InChI=1S/C12H12N2O5S2/c15-10(9-3-4-20-7-9)6-14-21(18,19)11-2-1-8(5-13-11)12(16)17/h1-5,7,10,14-15H,6H2,(H,16,17). The van der Waals surface area contributed by atoms with E-state index < -0.39 is 22.1 Å². The summed E-state index contributed by atoms with van der Waals surface area (Å²) in [6.45, 7) is -0.193. The maximum absolute atomic E-state index is 12.0. The van der Waals surface area contributed by atoms with Crippen molar-refractivity contribution in [3.63, 3.8) is 0 Å². The highest BCUT2D eigenvalue weighted by Crippen LogP contribution is 2.16. The van der Waals surface area contributed by atoms with Crippen molar-refractivity contribution in [1.29, 1.82) is 0 Å². The first-order valence-corrected chi connectivity index (χ1v) is 8.22. The predicted octanol–water partition coefficient (Wildman–Crippen LogP) is 0.853. The number of carboxylic acids is 1. The number of aromatic nitrogens is 1. The average molecular weight is 328 g/mol. The molecule has 0 radical (unpaired) electrons. The third-order valence-corrected chi connectivity index (χ3v) is 4.69. The molecule has 0 aliphatic carbocycles.